The van der Waals surface area contributed by atoms with Crippen LogP contribution >= 0.6 is 7.82 Å². The number of hydrogen-bond acceptors (Lipinski definition) is 8. The van der Waals surface area contributed by atoms with Crippen LogP contribution in [0.5, 0.6) is 28.7 Å². The molecule has 0 amide bonds. The van der Waals surface area contributed by atoms with E-state index in [0.29, 0.717) is 22.8 Å². The number of methoxy groups -OCH3 is 4. The Morgan fingerprint density at radius 1 is 0.914 bits per heavy atom. The van der Waals surface area contributed by atoms with E-state index >= 15 is 0 Å². The summed E-state index contributed by atoms with van der Waals surface area (Å²) >= 11 is 0. The third-order valence-electron chi connectivity index (χ3n) is 4.92. The van der Waals surface area contributed by atoms with Crippen LogP contribution < -0.4 is 28.8 Å². The summed E-state index contributed by atoms with van der Waals surface area (Å²) in [4.78, 5) is 28.2. The number of carboxylic acids is 1. The number of benzene rings is 2. The molecule has 0 radical (unpaired) electrons. The maximum absolute atomic E-state index is 11.1. The van der Waals surface area contributed by atoms with Crippen molar-refractivity contribution in [3.05, 3.63) is 41.5 Å². The molecule has 1 aliphatic rings. The van der Waals surface area contributed by atoms with Gasteiger partial charge in [0.25, 0.3) is 0 Å². The first kappa shape index (κ1) is 28.0. The molecular formula is C23H30NO10P. The molecule has 1 aliphatic heterocycles. The molecule has 192 valence electrons. The summed E-state index contributed by atoms with van der Waals surface area (Å²) in [6.07, 6.45) is 5.31. The fraction of sp³-hybridized carbons (Fsp3) is 0.348. The van der Waals surface area contributed by atoms with Gasteiger partial charge in [-0.05, 0) is 54.8 Å². The zero-order valence-corrected chi connectivity index (χ0v) is 20.8. The fourth-order valence-corrected chi connectivity index (χ4v) is 3.68. The minimum Gasteiger partial charge on any atom is -0.493 e. The predicted octanol–water partition coefficient (Wildman–Crippen LogP) is 3.19. The molecule has 1 fully saturated rings. The van der Waals surface area contributed by atoms with Crippen LogP contribution in [0.15, 0.2) is 30.3 Å². The molecule has 2 aromatic rings. The van der Waals surface area contributed by atoms with E-state index in [4.69, 9.17) is 33.8 Å². The normalized spacial score (nSPS) is 15.2. The van der Waals surface area contributed by atoms with Crippen molar-refractivity contribution in [3.63, 3.8) is 0 Å². The van der Waals surface area contributed by atoms with Gasteiger partial charge in [-0.3, -0.25) is 14.6 Å². The molecule has 0 saturated carbocycles. The largest absolute Gasteiger partial charge is 0.524 e. The third-order valence-corrected chi connectivity index (χ3v) is 5.35. The minimum absolute atomic E-state index is 0.0575. The van der Waals surface area contributed by atoms with E-state index in [-0.39, 0.29) is 17.5 Å². The second-order valence-corrected chi connectivity index (χ2v) is 8.44. The molecule has 2 aromatic carbocycles. The lowest BCUT2D eigenvalue weighted by Gasteiger charge is -2.13. The van der Waals surface area contributed by atoms with Gasteiger partial charge in [-0.15, -0.1) is 0 Å². The summed E-state index contributed by atoms with van der Waals surface area (Å²) in [6, 6.07) is 8.02. The first-order valence-electron chi connectivity index (χ1n) is 10.5. The van der Waals surface area contributed by atoms with Gasteiger partial charge in [-0.25, -0.2) is 4.57 Å². The standard InChI is InChI=1S/C18H21O8P.C5H9NO2/c1-22-14-8-7-12(9-15(14)26-27(19,20)21)5-6-13-10-16(23-2)18(25-4)17(11-13)24-3;7-5(8)4-2-1-3-6-4/h5-11H,1-4H3,(H2,19,20,21);4,6H,1-3H2,(H,7,8)/b6-5-;. The number of aliphatic carboxylic acids is 1. The fourth-order valence-electron chi connectivity index (χ4n) is 3.28. The average molecular weight is 511 g/mol. The van der Waals surface area contributed by atoms with Crippen molar-refractivity contribution in [3.8, 4) is 28.7 Å². The van der Waals surface area contributed by atoms with Gasteiger partial charge in [-0.2, -0.15) is 0 Å². The van der Waals surface area contributed by atoms with Gasteiger partial charge < -0.3 is 33.9 Å². The van der Waals surface area contributed by atoms with Crippen molar-refractivity contribution < 1.29 is 47.7 Å². The van der Waals surface area contributed by atoms with Crippen molar-refractivity contribution in [2.75, 3.05) is 35.0 Å². The van der Waals surface area contributed by atoms with Crippen LogP contribution in [-0.4, -0.2) is 61.9 Å². The molecule has 0 aromatic heterocycles. The second-order valence-electron chi connectivity index (χ2n) is 7.27. The van der Waals surface area contributed by atoms with Crippen molar-refractivity contribution in [2.45, 2.75) is 18.9 Å². The van der Waals surface area contributed by atoms with E-state index in [9.17, 15) is 9.36 Å². The second kappa shape index (κ2) is 13.0. The predicted molar refractivity (Wildman–Crippen MR) is 129 cm³/mol. The van der Waals surface area contributed by atoms with Crippen LogP contribution in [0.1, 0.15) is 24.0 Å². The van der Waals surface area contributed by atoms with Gasteiger partial charge >= 0.3 is 13.8 Å². The van der Waals surface area contributed by atoms with Gasteiger partial charge in [0, 0.05) is 0 Å². The number of ether oxygens (including phenoxy) is 4. The minimum atomic E-state index is -4.71. The van der Waals surface area contributed by atoms with E-state index in [1.165, 1.54) is 34.5 Å². The van der Waals surface area contributed by atoms with E-state index in [0.717, 1.165) is 24.9 Å². The van der Waals surface area contributed by atoms with Crippen molar-refractivity contribution in [1.82, 2.24) is 5.32 Å². The Morgan fingerprint density at radius 2 is 1.49 bits per heavy atom. The summed E-state index contributed by atoms with van der Waals surface area (Å²) in [5.74, 6) is 0.941. The Bertz CT molecular complexity index is 1050. The SMILES string of the molecule is COc1ccc(/C=C\c2cc(OC)c(OC)c(OC)c2)cc1OP(=O)(O)O.O=C(O)C1CCCN1. The number of rotatable bonds is 9. The first-order chi connectivity index (χ1) is 16.6. The first-order valence-corrected chi connectivity index (χ1v) is 12.0. The summed E-state index contributed by atoms with van der Waals surface area (Å²) in [7, 11) is 1.26. The quantitative estimate of drug-likeness (QED) is 0.290. The average Bonchev–Trinajstić information content (AvgIpc) is 3.37. The van der Waals surface area contributed by atoms with Crippen LogP contribution in [0.2, 0.25) is 0 Å². The smallest absolute Gasteiger partial charge is 0.493 e. The van der Waals surface area contributed by atoms with Crippen LogP contribution in [0.3, 0.4) is 0 Å². The Kier molecular flexibility index (Phi) is 10.4. The highest BCUT2D eigenvalue weighted by Crippen LogP contribution is 2.42. The molecule has 1 heterocycles. The highest BCUT2D eigenvalue weighted by molar-refractivity contribution is 7.46. The van der Waals surface area contributed by atoms with Crippen LogP contribution in [0, 0.1) is 0 Å². The lowest BCUT2D eigenvalue weighted by Crippen LogP contribution is -2.29. The number of carboxylic acid groups (broad SMARTS) is 1. The highest BCUT2D eigenvalue weighted by Gasteiger charge is 2.20. The van der Waals surface area contributed by atoms with Crippen molar-refractivity contribution >= 4 is 25.9 Å². The number of hydrogen-bond donors (Lipinski definition) is 4. The molecule has 11 nitrogen and oxygen atoms in total. The monoisotopic (exact) mass is 511 g/mol. The molecule has 12 heteroatoms. The summed E-state index contributed by atoms with van der Waals surface area (Å²) in [5, 5.41) is 11.2. The molecular weight excluding hydrogens is 481 g/mol. The maximum Gasteiger partial charge on any atom is 0.524 e. The van der Waals surface area contributed by atoms with Crippen LogP contribution in [-0.2, 0) is 9.36 Å². The third kappa shape index (κ3) is 8.48. The number of phosphoric ester groups is 1. The Labute approximate surface area is 203 Å². The van der Waals surface area contributed by atoms with Gasteiger partial charge in [0.15, 0.2) is 23.0 Å². The van der Waals surface area contributed by atoms with Gasteiger partial charge in [0.1, 0.15) is 6.04 Å². The van der Waals surface area contributed by atoms with E-state index in [1.807, 2.05) is 0 Å². The van der Waals surface area contributed by atoms with Gasteiger partial charge in [0.05, 0.1) is 28.4 Å². The number of carbonyl (C=O) groups is 1. The zero-order chi connectivity index (χ0) is 26.0. The molecule has 0 bridgehead atoms. The molecule has 0 spiro atoms. The lowest BCUT2D eigenvalue weighted by atomic mass is 10.1. The molecule has 1 atom stereocenters. The Morgan fingerprint density at radius 3 is 1.91 bits per heavy atom. The molecule has 35 heavy (non-hydrogen) atoms. The Balaban J connectivity index is 0.000000456. The Hall–Kier alpha value is -3.24. The zero-order valence-electron chi connectivity index (χ0n) is 19.9. The lowest BCUT2D eigenvalue weighted by molar-refractivity contribution is -0.139. The maximum atomic E-state index is 11.1. The summed E-state index contributed by atoms with van der Waals surface area (Å²) in [5.41, 5.74) is 1.42. The summed E-state index contributed by atoms with van der Waals surface area (Å²) in [6.45, 7) is 0.858. The molecule has 1 saturated heterocycles. The van der Waals surface area contributed by atoms with Crippen molar-refractivity contribution in [1.29, 1.82) is 0 Å². The number of nitrogens with one attached hydrogen (secondary N) is 1. The summed E-state index contributed by atoms with van der Waals surface area (Å²) < 4.78 is 36.8. The topological polar surface area (TPSA) is 153 Å². The van der Waals surface area contributed by atoms with Crippen LogP contribution in [0.4, 0.5) is 0 Å². The number of phosphoric acid groups is 1. The molecule has 0 aliphatic carbocycles. The molecule has 4 N–H and O–H groups in total. The highest BCUT2D eigenvalue weighted by atomic mass is 31.2. The van der Waals surface area contributed by atoms with Gasteiger partial charge in [-0.1, -0.05) is 18.2 Å². The molecule has 3 rings (SSSR count). The molecule has 1 unspecified atom stereocenters. The van der Waals surface area contributed by atoms with Crippen molar-refractivity contribution in [2.24, 2.45) is 0 Å². The van der Waals surface area contributed by atoms with Crippen LogP contribution in [0.25, 0.3) is 12.2 Å². The van der Waals surface area contributed by atoms with Gasteiger partial charge in [0.2, 0.25) is 5.75 Å². The van der Waals surface area contributed by atoms with E-state index < -0.39 is 13.8 Å². The van der Waals surface area contributed by atoms with E-state index in [2.05, 4.69) is 9.84 Å². The van der Waals surface area contributed by atoms with E-state index in [1.54, 1.807) is 36.4 Å².